The Morgan fingerprint density at radius 1 is 1.27 bits per heavy atom. The Morgan fingerprint density at radius 3 is 2.18 bits per heavy atom. The molecule has 11 heavy (non-hydrogen) atoms. The van der Waals surface area contributed by atoms with Crippen molar-refractivity contribution in [2.24, 2.45) is 11.3 Å². The van der Waals surface area contributed by atoms with Crippen molar-refractivity contribution >= 4 is 0 Å². The van der Waals surface area contributed by atoms with Crippen LogP contribution in [0.25, 0.3) is 0 Å². The van der Waals surface area contributed by atoms with Crippen LogP contribution in [0.15, 0.2) is 0 Å². The van der Waals surface area contributed by atoms with E-state index >= 15 is 0 Å². The van der Waals surface area contributed by atoms with E-state index in [9.17, 15) is 0 Å². The zero-order chi connectivity index (χ0) is 8.91. The fraction of sp³-hybridized carbons (Fsp3) is 0.909. The van der Waals surface area contributed by atoms with Crippen LogP contribution in [0, 0.1) is 17.8 Å². The molecule has 67 valence electrons. The molecule has 0 aromatic heterocycles. The molecule has 0 rings (SSSR count). The average molecular weight is 155 g/mol. The third-order valence-corrected chi connectivity index (χ3v) is 1.91. The lowest BCUT2D eigenvalue weighted by Crippen LogP contribution is -2.08. The Bertz CT molecular complexity index is 86.7. The minimum absolute atomic E-state index is 0.405. The van der Waals surface area contributed by atoms with E-state index in [1.807, 2.05) is 0 Å². The molecule has 0 aliphatic carbocycles. The topological polar surface area (TPSA) is 0 Å². The van der Waals surface area contributed by atoms with Gasteiger partial charge in [-0.15, -0.1) is 0 Å². The van der Waals surface area contributed by atoms with E-state index in [2.05, 4.69) is 41.0 Å². The summed E-state index contributed by atoms with van der Waals surface area (Å²) in [5.41, 5.74) is 0.405. The summed E-state index contributed by atoms with van der Waals surface area (Å²) < 4.78 is 0. The molecule has 0 saturated heterocycles. The summed E-state index contributed by atoms with van der Waals surface area (Å²) in [5, 5.41) is 0. The maximum Gasteiger partial charge on any atom is -0.0329 e. The molecule has 0 N–H and O–H groups in total. The van der Waals surface area contributed by atoms with Gasteiger partial charge in [-0.3, -0.25) is 0 Å². The molecular weight excluding hydrogens is 132 g/mol. The van der Waals surface area contributed by atoms with Crippen molar-refractivity contribution in [1.82, 2.24) is 0 Å². The number of hydrogen-bond acceptors (Lipinski definition) is 0. The predicted molar refractivity (Wildman–Crippen MR) is 52.4 cm³/mol. The van der Waals surface area contributed by atoms with Crippen LogP contribution in [0.2, 0.25) is 0 Å². The van der Waals surface area contributed by atoms with E-state index in [4.69, 9.17) is 0 Å². The lowest BCUT2D eigenvalue weighted by molar-refractivity contribution is 0.418. The molecule has 0 aromatic carbocycles. The van der Waals surface area contributed by atoms with Crippen molar-refractivity contribution in [2.75, 3.05) is 0 Å². The second kappa shape index (κ2) is 4.79. The maximum atomic E-state index is 2.44. The fourth-order valence-corrected chi connectivity index (χ4v) is 1.17. The average Bonchev–Trinajstić information content (AvgIpc) is 1.83. The smallest absolute Gasteiger partial charge is 0.0329 e. The van der Waals surface area contributed by atoms with Crippen LogP contribution in [-0.2, 0) is 0 Å². The first-order valence-corrected chi connectivity index (χ1v) is 4.80. The van der Waals surface area contributed by atoms with Crippen molar-refractivity contribution in [3.63, 3.8) is 0 Å². The molecule has 0 heteroatoms. The molecule has 1 radical (unpaired) electrons. The number of hydrogen-bond donors (Lipinski definition) is 0. The zero-order valence-corrected chi connectivity index (χ0v) is 8.78. The minimum Gasteiger partial charge on any atom is -0.0654 e. The standard InChI is InChI=1S/C11H23/c1-6-7-10(2)8-9-11(3,4)5/h9-10H,6-8H2,1-5H3. The lowest BCUT2D eigenvalue weighted by Gasteiger charge is -2.20. The molecule has 0 fully saturated rings. The van der Waals surface area contributed by atoms with Crippen molar-refractivity contribution in [2.45, 2.75) is 53.9 Å². The van der Waals surface area contributed by atoms with Crippen LogP contribution in [0.1, 0.15) is 53.9 Å². The third kappa shape index (κ3) is 7.90. The Labute approximate surface area is 72.4 Å². The molecule has 0 aromatic rings. The molecule has 0 bridgehead atoms. The predicted octanol–water partition coefficient (Wildman–Crippen LogP) is 4.06. The largest absolute Gasteiger partial charge is 0.0654 e. The zero-order valence-electron chi connectivity index (χ0n) is 8.78. The summed E-state index contributed by atoms with van der Waals surface area (Å²) in [6.07, 6.45) is 6.40. The van der Waals surface area contributed by atoms with E-state index < -0.39 is 0 Å². The quantitative estimate of drug-likeness (QED) is 0.574. The van der Waals surface area contributed by atoms with Gasteiger partial charge in [-0.1, -0.05) is 47.5 Å². The van der Waals surface area contributed by atoms with Gasteiger partial charge in [0, 0.05) is 0 Å². The normalized spacial score (nSPS) is 15.0. The molecule has 0 aliphatic rings. The molecule has 0 aliphatic heterocycles. The van der Waals surface area contributed by atoms with E-state index in [0.717, 1.165) is 5.92 Å². The molecule has 0 nitrogen and oxygen atoms in total. The van der Waals surface area contributed by atoms with Crippen molar-refractivity contribution < 1.29 is 0 Å². The van der Waals surface area contributed by atoms with E-state index in [-0.39, 0.29) is 0 Å². The maximum absolute atomic E-state index is 2.44. The fourth-order valence-electron chi connectivity index (χ4n) is 1.17. The van der Waals surface area contributed by atoms with Crippen LogP contribution in [0.3, 0.4) is 0 Å². The summed E-state index contributed by atoms with van der Waals surface area (Å²) >= 11 is 0. The second-order valence-electron chi connectivity index (χ2n) is 4.70. The first kappa shape index (κ1) is 11.0. The Balaban J connectivity index is 3.38. The highest BCUT2D eigenvalue weighted by molar-refractivity contribution is 4.81. The first-order chi connectivity index (χ1) is 4.95. The molecular formula is C11H23. The second-order valence-corrected chi connectivity index (χ2v) is 4.70. The summed E-state index contributed by atoms with van der Waals surface area (Å²) in [5.74, 6) is 0.874. The summed E-state index contributed by atoms with van der Waals surface area (Å²) in [7, 11) is 0. The number of rotatable bonds is 4. The van der Waals surface area contributed by atoms with E-state index in [0.29, 0.717) is 5.41 Å². The van der Waals surface area contributed by atoms with E-state index in [1.54, 1.807) is 0 Å². The highest BCUT2D eigenvalue weighted by atomic mass is 14.2. The van der Waals surface area contributed by atoms with Crippen LogP contribution in [0.5, 0.6) is 0 Å². The van der Waals surface area contributed by atoms with Gasteiger partial charge < -0.3 is 0 Å². The van der Waals surface area contributed by atoms with Gasteiger partial charge in [0.2, 0.25) is 0 Å². The summed E-state index contributed by atoms with van der Waals surface area (Å²) in [4.78, 5) is 0. The highest BCUT2D eigenvalue weighted by Crippen LogP contribution is 2.23. The SMILES string of the molecule is CCCC(C)C[CH]C(C)(C)C. The van der Waals surface area contributed by atoms with Crippen LogP contribution in [-0.4, -0.2) is 0 Å². The van der Waals surface area contributed by atoms with Gasteiger partial charge >= 0.3 is 0 Å². The minimum atomic E-state index is 0.405. The summed E-state index contributed by atoms with van der Waals surface area (Å²) in [6.45, 7) is 11.4. The summed E-state index contributed by atoms with van der Waals surface area (Å²) in [6, 6.07) is 0. The molecule has 0 amide bonds. The van der Waals surface area contributed by atoms with Gasteiger partial charge in [0.1, 0.15) is 0 Å². The molecule has 1 unspecified atom stereocenters. The van der Waals surface area contributed by atoms with Gasteiger partial charge in [-0.2, -0.15) is 0 Å². The Hall–Kier alpha value is 0. The molecule has 0 heterocycles. The monoisotopic (exact) mass is 155 g/mol. The highest BCUT2D eigenvalue weighted by Gasteiger charge is 2.11. The van der Waals surface area contributed by atoms with Crippen molar-refractivity contribution in [3.05, 3.63) is 6.42 Å². The van der Waals surface area contributed by atoms with Gasteiger partial charge in [-0.25, -0.2) is 0 Å². The third-order valence-electron chi connectivity index (χ3n) is 1.91. The van der Waals surface area contributed by atoms with Crippen LogP contribution in [0.4, 0.5) is 0 Å². The lowest BCUT2D eigenvalue weighted by atomic mass is 9.86. The van der Waals surface area contributed by atoms with E-state index in [1.165, 1.54) is 19.3 Å². The molecule has 0 saturated carbocycles. The van der Waals surface area contributed by atoms with Gasteiger partial charge in [0.25, 0.3) is 0 Å². The Morgan fingerprint density at radius 2 is 1.82 bits per heavy atom. The molecule has 0 spiro atoms. The van der Waals surface area contributed by atoms with Crippen LogP contribution < -0.4 is 0 Å². The van der Waals surface area contributed by atoms with Crippen LogP contribution >= 0.6 is 0 Å². The van der Waals surface area contributed by atoms with Gasteiger partial charge in [-0.05, 0) is 24.2 Å². The first-order valence-electron chi connectivity index (χ1n) is 4.80. The van der Waals surface area contributed by atoms with Crippen molar-refractivity contribution in [3.8, 4) is 0 Å². The van der Waals surface area contributed by atoms with Crippen molar-refractivity contribution in [1.29, 1.82) is 0 Å². The van der Waals surface area contributed by atoms with Gasteiger partial charge in [0.15, 0.2) is 0 Å². The van der Waals surface area contributed by atoms with Gasteiger partial charge in [0.05, 0.1) is 0 Å². The molecule has 1 atom stereocenters. The Kier molecular flexibility index (Phi) is 4.79.